The fourth-order valence-corrected chi connectivity index (χ4v) is 3.01. The zero-order valence-corrected chi connectivity index (χ0v) is 13.9. The quantitative estimate of drug-likeness (QED) is 0.854. The van der Waals surface area contributed by atoms with Crippen LogP contribution in [0.5, 0.6) is 11.5 Å². The molecule has 1 aromatic carbocycles. The van der Waals surface area contributed by atoms with E-state index in [1.54, 1.807) is 0 Å². The third-order valence-electron chi connectivity index (χ3n) is 3.21. The number of carboxylic acids is 1. The van der Waals surface area contributed by atoms with E-state index in [-0.39, 0.29) is 23.5 Å². The molecule has 0 fully saturated rings. The fraction of sp³-hybridized carbons (Fsp3) is 0.500. The van der Waals surface area contributed by atoms with Crippen molar-refractivity contribution in [2.45, 2.75) is 25.2 Å². The summed E-state index contributed by atoms with van der Waals surface area (Å²) in [6.45, 7) is 2.95. The lowest BCUT2D eigenvalue weighted by molar-refractivity contribution is -0.146. The van der Waals surface area contributed by atoms with Gasteiger partial charge in [-0.05, 0) is 26.3 Å². The second-order valence-corrected chi connectivity index (χ2v) is 7.50. The third kappa shape index (κ3) is 3.49. The van der Waals surface area contributed by atoms with E-state index in [0.717, 1.165) is 12.3 Å². The van der Waals surface area contributed by atoms with Crippen molar-refractivity contribution in [3.63, 3.8) is 0 Å². The van der Waals surface area contributed by atoms with Gasteiger partial charge in [-0.2, -0.15) is 0 Å². The summed E-state index contributed by atoms with van der Waals surface area (Å²) in [6.07, 6.45) is 0.803. The van der Waals surface area contributed by atoms with Crippen molar-refractivity contribution in [1.82, 2.24) is 0 Å². The molecule has 124 valence electrons. The Bertz CT molecular complexity index is 694. The summed E-state index contributed by atoms with van der Waals surface area (Å²) in [5, 5.41) is 9.18. The standard InChI is InChI=1S/C14H19FO6S/c1-14(2,13(16)17)7-8-6-9(15)12(22(5,18)19)11(21-4)10(8)20-3/h6H,7H2,1-5H3,(H,16,17). The Balaban J connectivity index is 3.64. The van der Waals surface area contributed by atoms with Crippen molar-refractivity contribution in [2.75, 3.05) is 20.5 Å². The van der Waals surface area contributed by atoms with E-state index in [0.29, 0.717) is 0 Å². The first-order valence-electron chi connectivity index (χ1n) is 6.32. The molecule has 0 atom stereocenters. The van der Waals surface area contributed by atoms with Crippen LogP contribution in [0, 0.1) is 11.2 Å². The van der Waals surface area contributed by atoms with Crippen LogP contribution in [0.3, 0.4) is 0 Å². The summed E-state index contributed by atoms with van der Waals surface area (Å²) in [5.74, 6) is -2.32. The summed E-state index contributed by atoms with van der Waals surface area (Å²) in [7, 11) is -1.41. The Morgan fingerprint density at radius 2 is 1.77 bits per heavy atom. The summed E-state index contributed by atoms with van der Waals surface area (Å²) in [4.78, 5) is 10.6. The van der Waals surface area contributed by atoms with Gasteiger partial charge < -0.3 is 14.6 Å². The number of methoxy groups -OCH3 is 2. The van der Waals surface area contributed by atoms with Crippen LogP contribution >= 0.6 is 0 Å². The van der Waals surface area contributed by atoms with Gasteiger partial charge in [0.1, 0.15) is 10.7 Å². The van der Waals surface area contributed by atoms with Gasteiger partial charge in [0.25, 0.3) is 0 Å². The minimum absolute atomic E-state index is 0.0126. The first-order chi connectivity index (χ1) is 9.95. The van der Waals surface area contributed by atoms with Crippen LogP contribution in [0.25, 0.3) is 0 Å². The molecule has 22 heavy (non-hydrogen) atoms. The maximum Gasteiger partial charge on any atom is 0.309 e. The van der Waals surface area contributed by atoms with Gasteiger partial charge in [0.05, 0.1) is 19.6 Å². The van der Waals surface area contributed by atoms with Crippen LogP contribution in [0.2, 0.25) is 0 Å². The first kappa shape index (κ1) is 18.2. The predicted octanol–water partition coefficient (Wildman–Crippen LogP) is 1.90. The van der Waals surface area contributed by atoms with Crippen molar-refractivity contribution in [1.29, 1.82) is 0 Å². The van der Waals surface area contributed by atoms with Gasteiger partial charge in [-0.1, -0.05) is 0 Å². The van der Waals surface area contributed by atoms with Gasteiger partial charge in [0.15, 0.2) is 21.3 Å². The van der Waals surface area contributed by atoms with Gasteiger partial charge >= 0.3 is 5.97 Å². The number of ether oxygens (including phenoxy) is 2. The molecule has 0 aliphatic heterocycles. The van der Waals surface area contributed by atoms with Crippen LogP contribution < -0.4 is 9.47 Å². The van der Waals surface area contributed by atoms with Crippen LogP contribution in [-0.2, 0) is 21.1 Å². The summed E-state index contributed by atoms with van der Waals surface area (Å²) >= 11 is 0. The van der Waals surface area contributed by atoms with Crippen molar-refractivity contribution in [2.24, 2.45) is 5.41 Å². The summed E-state index contributed by atoms with van der Waals surface area (Å²) < 4.78 is 47.8. The third-order valence-corrected chi connectivity index (χ3v) is 4.33. The molecule has 1 aromatic rings. The molecule has 1 N–H and O–H groups in total. The van der Waals surface area contributed by atoms with Gasteiger partial charge in [0.2, 0.25) is 0 Å². The molecule has 0 radical (unpaired) electrons. The summed E-state index contributed by atoms with van der Waals surface area (Å²) in [6, 6.07) is 0.975. The molecular weight excluding hydrogens is 315 g/mol. The predicted molar refractivity (Wildman–Crippen MR) is 77.7 cm³/mol. The Labute approximate surface area is 128 Å². The van der Waals surface area contributed by atoms with Crippen LogP contribution in [0.1, 0.15) is 19.4 Å². The Hall–Kier alpha value is -1.83. The second-order valence-electron chi connectivity index (χ2n) is 5.55. The number of hydrogen-bond donors (Lipinski definition) is 1. The molecule has 0 bridgehead atoms. The van der Waals surface area contributed by atoms with Gasteiger partial charge in [-0.3, -0.25) is 4.79 Å². The van der Waals surface area contributed by atoms with E-state index < -0.39 is 31.9 Å². The summed E-state index contributed by atoms with van der Waals surface area (Å²) in [5.41, 5.74) is -0.964. The van der Waals surface area contributed by atoms with E-state index >= 15 is 0 Å². The number of rotatable bonds is 6. The van der Waals surface area contributed by atoms with E-state index in [4.69, 9.17) is 9.47 Å². The Morgan fingerprint density at radius 1 is 1.27 bits per heavy atom. The smallest absolute Gasteiger partial charge is 0.309 e. The maximum absolute atomic E-state index is 14.2. The molecule has 0 aliphatic carbocycles. The zero-order chi connectivity index (χ0) is 17.3. The molecule has 0 unspecified atom stereocenters. The van der Waals surface area contributed by atoms with Crippen LogP contribution in [0.4, 0.5) is 4.39 Å². The molecule has 6 nitrogen and oxygen atoms in total. The van der Waals surface area contributed by atoms with Crippen molar-refractivity contribution >= 4 is 15.8 Å². The number of hydrogen-bond acceptors (Lipinski definition) is 5. The van der Waals surface area contributed by atoms with Crippen molar-refractivity contribution in [3.05, 3.63) is 17.4 Å². The maximum atomic E-state index is 14.2. The molecular formula is C14H19FO6S. The number of carboxylic acid groups (broad SMARTS) is 1. The average molecular weight is 334 g/mol. The Kier molecular flexibility index (Phi) is 5.06. The molecule has 0 spiro atoms. The topological polar surface area (TPSA) is 89.9 Å². The van der Waals surface area contributed by atoms with E-state index in [9.17, 15) is 22.7 Å². The number of carbonyl (C=O) groups is 1. The molecule has 1 rings (SSSR count). The lowest BCUT2D eigenvalue weighted by Gasteiger charge is -2.22. The Morgan fingerprint density at radius 3 is 2.14 bits per heavy atom. The molecule has 0 heterocycles. The number of benzene rings is 1. The van der Waals surface area contributed by atoms with E-state index in [1.807, 2.05) is 0 Å². The normalized spacial score (nSPS) is 12.1. The molecule has 0 saturated heterocycles. The minimum atomic E-state index is -3.88. The van der Waals surface area contributed by atoms with Gasteiger partial charge in [-0.25, -0.2) is 12.8 Å². The number of aliphatic carboxylic acids is 1. The van der Waals surface area contributed by atoms with Crippen LogP contribution in [-0.4, -0.2) is 40.0 Å². The molecule has 8 heteroatoms. The number of sulfone groups is 1. The monoisotopic (exact) mass is 334 g/mol. The second kappa shape index (κ2) is 6.12. The number of halogens is 1. The molecule has 0 aromatic heterocycles. The average Bonchev–Trinajstić information content (AvgIpc) is 2.35. The van der Waals surface area contributed by atoms with Gasteiger partial charge in [0, 0.05) is 11.8 Å². The highest BCUT2D eigenvalue weighted by molar-refractivity contribution is 7.90. The van der Waals surface area contributed by atoms with E-state index in [1.165, 1.54) is 28.1 Å². The zero-order valence-electron chi connectivity index (χ0n) is 13.1. The minimum Gasteiger partial charge on any atom is -0.493 e. The van der Waals surface area contributed by atoms with Crippen molar-refractivity contribution in [3.8, 4) is 11.5 Å². The highest BCUT2D eigenvalue weighted by Gasteiger charge is 2.32. The SMILES string of the molecule is COc1c(CC(C)(C)C(=O)O)cc(F)c(S(C)(=O)=O)c1OC. The lowest BCUT2D eigenvalue weighted by Crippen LogP contribution is -2.26. The highest BCUT2D eigenvalue weighted by Crippen LogP contribution is 2.41. The van der Waals surface area contributed by atoms with Gasteiger partial charge in [-0.15, -0.1) is 0 Å². The molecule has 0 amide bonds. The fourth-order valence-electron chi connectivity index (χ4n) is 2.08. The molecule has 0 saturated carbocycles. The lowest BCUT2D eigenvalue weighted by atomic mass is 9.85. The first-order valence-corrected chi connectivity index (χ1v) is 8.21. The van der Waals surface area contributed by atoms with E-state index in [2.05, 4.69) is 0 Å². The van der Waals surface area contributed by atoms with Crippen molar-refractivity contribution < 1.29 is 32.2 Å². The van der Waals surface area contributed by atoms with Crippen LogP contribution in [0.15, 0.2) is 11.0 Å². The highest BCUT2D eigenvalue weighted by atomic mass is 32.2. The molecule has 0 aliphatic rings. The largest absolute Gasteiger partial charge is 0.493 e.